The highest BCUT2D eigenvalue weighted by atomic mass is 16.6. The van der Waals surface area contributed by atoms with Crippen molar-refractivity contribution in [3.63, 3.8) is 0 Å². The zero-order chi connectivity index (χ0) is 43.7. The van der Waals surface area contributed by atoms with Gasteiger partial charge in [-0.1, -0.05) is 225 Å². The number of hydrogen-bond donors (Lipinski definition) is 0. The molecule has 352 valence electrons. The third-order valence-electron chi connectivity index (χ3n) is 11.7. The molecule has 0 saturated carbocycles. The molecule has 0 bridgehead atoms. The Balaban J connectivity index is 4.29. The van der Waals surface area contributed by atoms with Gasteiger partial charge in [0, 0.05) is 19.3 Å². The van der Waals surface area contributed by atoms with Crippen LogP contribution in [0.3, 0.4) is 0 Å². The second kappa shape index (κ2) is 49.5. The highest BCUT2D eigenvalue weighted by molar-refractivity contribution is 5.71. The van der Waals surface area contributed by atoms with Crippen LogP contribution < -0.4 is 0 Å². The summed E-state index contributed by atoms with van der Waals surface area (Å²) in [5.41, 5.74) is 0. The van der Waals surface area contributed by atoms with Crippen molar-refractivity contribution < 1.29 is 28.6 Å². The van der Waals surface area contributed by atoms with Gasteiger partial charge < -0.3 is 14.2 Å². The number of esters is 3. The average molecular weight is 845 g/mol. The van der Waals surface area contributed by atoms with Crippen LogP contribution in [0, 0.1) is 0 Å². The van der Waals surface area contributed by atoms with Gasteiger partial charge >= 0.3 is 17.9 Å². The topological polar surface area (TPSA) is 78.9 Å². The highest BCUT2D eigenvalue weighted by Gasteiger charge is 2.19. The number of ether oxygens (including phenoxy) is 3. The van der Waals surface area contributed by atoms with E-state index in [-0.39, 0.29) is 31.1 Å². The molecule has 1 atom stereocenters. The van der Waals surface area contributed by atoms with E-state index in [0.717, 1.165) is 64.2 Å². The second-order valence-corrected chi connectivity index (χ2v) is 17.8. The van der Waals surface area contributed by atoms with E-state index in [2.05, 4.69) is 45.1 Å². The summed E-state index contributed by atoms with van der Waals surface area (Å²) in [5.74, 6) is -0.912. The summed E-state index contributed by atoms with van der Waals surface area (Å²) in [7, 11) is 0. The van der Waals surface area contributed by atoms with Crippen molar-refractivity contribution >= 4 is 17.9 Å². The monoisotopic (exact) mass is 845 g/mol. The van der Waals surface area contributed by atoms with E-state index in [4.69, 9.17) is 14.2 Å². The Bertz CT molecular complexity index is 973. The van der Waals surface area contributed by atoms with Crippen molar-refractivity contribution in [2.75, 3.05) is 13.2 Å². The molecule has 0 spiro atoms. The van der Waals surface area contributed by atoms with Crippen LogP contribution in [0.2, 0.25) is 0 Å². The zero-order valence-corrected chi connectivity index (χ0v) is 40.2. The minimum absolute atomic E-state index is 0.0805. The van der Waals surface area contributed by atoms with Crippen LogP contribution in [0.4, 0.5) is 0 Å². The van der Waals surface area contributed by atoms with E-state index in [1.165, 1.54) is 180 Å². The maximum absolute atomic E-state index is 12.8. The summed E-state index contributed by atoms with van der Waals surface area (Å²) in [6.07, 6.45) is 56.0. The Morgan fingerprint density at radius 2 is 0.567 bits per heavy atom. The summed E-state index contributed by atoms with van der Waals surface area (Å²) in [6, 6.07) is 0. The fourth-order valence-electron chi connectivity index (χ4n) is 7.68. The summed E-state index contributed by atoms with van der Waals surface area (Å²) < 4.78 is 16.7. The Morgan fingerprint density at radius 3 is 0.917 bits per heavy atom. The maximum atomic E-state index is 12.8. The normalized spacial score (nSPS) is 12.1. The molecule has 0 amide bonds. The van der Waals surface area contributed by atoms with Crippen LogP contribution in [0.1, 0.15) is 284 Å². The van der Waals surface area contributed by atoms with Gasteiger partial charge in [0.2, 0.25) is 0 Å². The molecule has 0 aromatic carbocycles. The molecule has 0 radical (unpaired) electrons. The molecule has 0 aromatic rings. The van der Waals surface area contributed by atoms with Crippen molar-refractivity contribution in [1.29, 1.82) is 0 Å². The molecule has 0 fully saturated rings. The van der Waals surface area contributed by atoms with E-state index >= 15 is 0 Å². The number of unbranched alkanes of at least 4 members (excludes halogenated alkanes) is 33. The number of hydrogen-bond acceptors (Lipinski definition) is 6. The van der Waals surface area contributed by atoms with E-state index < -0.39 is 6.10 Å². The lowest BCUT2D eigenvalue weighted by Gasteiger charge is -2.18. The predicted molar refractivity (Wildman–Crippen MR) is 256 cm³/mol. The molecule has 0 aliphatic carbocycles. The van der Waals surface area contributed by atoms with Gasteiger partial charge in [-0.15, -0.1) is 0 Å². The van der Waals surface area contributed by atoms with E-state index in [9.17, 15) is 14.4 Å². The fourth-order valence-corrected chi connectivity index (χ4v) is 7.68. The van der Waals surface area contributed by atoms with Gasteiger partial charge in [-0.3, -0.25) is 14.4 Å². The van der Waals surface area contributed by atoms with E-state index in [1.54, 1.807) is 0 Å². The van der Waals surface area contributed by atoms with Gasteiger partial charge in [0.1, 0.15) is 13.2 Å². The second-order valence-electron chi connectivity index (χ2n) is 17.8. The SMILES string of the molecule is CCCCCC/C=C\CCCC(=O)OCC(COC(=O)CCCCCCC/C=C\CCCCCCCCCCC)OC(=O)CCCCCCCCCCCCCCCCC. The third kappa shape index (κ3) is 46.9. The quantitative estimate of drug-likeness (QED) is 0.0263. The number of carbonyl (C=O) groups excluding carboxylic acids is 3. The molecule has 0 aromatic heterocycles. The standard InChI is InChI=1S/C54H100O6/c1-4-7-10-13-16-19-21-23-25-26-27-29-30-32-35-38-41-44-47-53(56)59-50-51(49-58-52(55)46-43-40-37-34-18-15-12-9-6-3)60-54(57)48-45-42-39-36-33-31-28-24-22-20-17-14-11-8-5-2/h27,29,34,37,51H,4-26,28,30-33,35-36,38-50H2,1-3H3/b29-27-,37-34-. The van der Waals surface area contributed by atoms with Crippen LogP contribution in [-0.2, 0) is 28.6 Å². The molecular weight excluding hydrogens is 745 g/mol. The fraction of sp³-hybridized carbons (Fsp3) is 0.870. The molecule has 0 heterocycles. The minimum atomic E-state index is -0.780. The summed E-state index contributed by atoms with van der Waals surface area (Å²) in [5, 5.41) is 0. The van der Waals surface area contributed by atoms with Crippen LogP contribution in [0.25, 0.3) is 0 Å². The summed E-state index contributed by atoms with van der Waals surface area (Å²) in [6.45, 7) is 6.60. The summed E-state index contributed by atoms with van der Waals surface area (Å²) >= 11 is 0. The molecule has 0 aliphatic heterocycles. The Hall–Kier alpha value is -2.11. The lowest BCUT2D eigenvalue weighted by Crippen LogP contribution is -2.30. The molecule has 1 unspecified atom stereocenters. The van der Waals surface area contributed by atoms with Crippen molar-refractivity contribution in [2.45, 2.75) is 290 Å². The van der Waals surface area contributed by atoms with Gasteiger partial charge in [0.05, 0.1) is 0 Å². The van der Waals surface area contributed by atoms with Gasteiger partial charge in [0.25, 0.3) is 0 Å². The first-order chi connectivity index (χ1) is 29.5. The van der Waals surface area contributed by atoms with Crippen molar-refractivity contribution in [3.8, 4) is 0 Å². The van der Waals surface area contributed by atoms with Crippen molar-refractivity contribution in [1.82, 2.24) is 0 Å². The van der Waals surface area contributed by atoms with Gasteiger partial charge in [0.15, 0.2) is 6.10 Å². The first-order valence-electron chi connectivity index (χ1n) is 26.3. The molecular formula is C54H100O6. The largest absolute Gasteiger partial charge is 0.462 e. The lowest BCUT2D eigenvalue weighted by atomic mass is 10.0. The first kappa shape index (κ1) is 57.9. The van der Waals surface area contributed by atoms with E-state index in [1.807, 2.05) is 0 Å². The number of rotatable bonds is 48. The molecule has 60 heavy (non-hydrogen) atoms. The highest BCUT2D eigenvalue weighted by Crippen LogP contribution is 2.16. The average Bonchev–Trinajstić information content (AvgIpc) is 3.24. The predicted octanol–water partition coefficient (Wildman–Crippen LogP) is 17.2. The Labute approximate surface area is 373 Å². The molecule has 6 nitrogen and oxygen atoms in total. The van der Waals surface area contributed by atoms with Gasteiger partial charge in [-0.25, -0.2) is 0 Å². The van der Waals surface area contributed by atoms with Crippen LogP contribution >= 0.6 is 0 Å². The molecule has 0 rings (SSSR count). The van der Waals surface area contributed by atoms with E-state index in [0.29, 0.717) is 19.3 Å². The number of carbonyl (C=O) groups is 3. The Kier molecular flexibility index (Phi) is 47.8. The Morgan fingerprint density at radius 1 is 0.317 bits per heavy atom. The molecule has 6 heteroatoms. The van der Waals surface area contributed by atoms with Crippen molar-refractivity contribution in [2.24, 2.45) is 0 Å². The molecule has 0 N–H and O–H groups in total. The minimum Gasteiger partial charge on any atom is -0.462 e. The van der Waals surface area contributed by atoms with Crippen LogP contribution in [0.5, 0.6) is 0 Å². The van der Waals surface area contributed by atoms with Crippen molar-refractivity contribution in [3.05, 3.63) is 24.3 Å². The van der Waals surface area contributed by atoms with Crippen LogP contribution in [-0.4, -0.2) is 37.2 Å². The first-order valence-corrected chi connectivity index (χ1v) is 26.3. The molecule has 0 saturated heterocycles. The zero-order valence-electron chi connectivity index (χ0n) is 40.2. The lowest BCUT2D eigenvalue weighted by molar-refractivity contribution is -0.167. The number of allylic oxidation sites excluding steroid dienone is 4. The van der Waals surface area contributed by atoms with Gasteiger partial charge in [-0.2, -0.15) is 0 Å². The third-order valence-corrected chi connectivity index (χ3v) is 11.7. The van der Waals surface area contributed by atoms with Crippen LogP contribution in [0.15, 0.2) is 24.3 Å². The smallest absolute Gasteiger partial charge is 0.306 e. The summed E-state index contributed by atoms with van der Waals surface area (Å²) in [4.78, 5) is 37.9. The molecule has 0 aliphatic rings. The van der Waals surface area contributed by atoms with Gasteiger partial charge in [-0.05, 0) is 64.2 Å². The maximum Gasteiger partial charge on any atom is 0.306 e.